The zero-order valence-corrected chi connectivity index (χ0v) is 13.5. The third kappa shape index (κ3) is 2.70. The lowest BCUT2D eigenvalue weighted by molar-refractivity contribution is -0.121. The summed E-state index contributed by atoms with van der Waals surface area (Å²) in [6, 6.07) is 11.1. The van der Waals surface area contributed by atoms with E-state index in [1.54, 1.807) is 30.3 Å². The minimum atomic E-state index is -0.558. The number of anilines is 2. The van der Waals surface area contributed by atoms with E-state index in [0.717, 1.165) is 16.8 Å². The Morgan fingerprint density at radius 2 is 2.04 bits per heavy atom. The molecule has 0 radical (unpaired) electrons. The molecule has 0 unspecified atom stereocenters. The first-order valence-corrected chi connectivity index (χ1v) is 7.52. The van der Waals surface area contributed by atoms with Crippen LogP contribution < -0.4 is 10.2 Å². The molecule has 23 heavy (non-hydrogen) atoms. The number of nitrogens with zero attached hydrogens (tertiary/aromatic N) is 2. The SMILES string of the molecule is CN1C(=O)C(C)(C)c2cc(CC(=O)Nc3ccccn3)ccc21. The Morgan fingerprint density at radius 1 is 1.26 bits per heavy atom. The summed E-state index contributed by atoms with van der Waals surface area (Å²) < 4.78 is 0. The molecule has 0 atom stereocenters. The standard InChI is InChI=1S/C18H19N3O2/c1-18(2)13-10-12(7-8-14(13)21(3)17(18)23)11-16(22)20-15-6-4-5-9-19-15/h4-10H,11H2,1-3H3,(H,19,20,22). The third-order valence-electron chi connectivity index (χ3n) is 4.23. The monoisotopic (exact) mass is 309 g/mol. The second kappa shape index (κ2) is 5.50. The molecule has 1 aromatic carbocycles. The average molecular weight is 309 g/mol. The lowest BCUT2D eigenvalue weighted by atomic mass is 9.85. The Morgan fingerprint density at radius 3 is 2.74 bits per heavy atom. The highest BCUT2D eigenvalue weighted by molar-refractivity contribution is 6.07. The largest absolute Gasteiger partial charge is 0.314 e. The van der Waals surface area contributed by atoms with Gasteiger partial charge in [-0.1, -0.05) is 18.2 Å². The molecule has 1 aromatic heterocycles. The summed E-state index contributed by atoms with van der Waals surface area (Å²) in [5.74, 6) is 0.482. The van der Waals surface area contributed by atoms with Crippen molar-refractivity contribution in [3.63, 3.8) is 0 Å². The van der Waals surface area contributed by atoms with E-state index in [-0.39, 0.29) is 18.2 Å². The molecular weight excluding hydrogens is 290 g/mol. The molecule has 3 rings (SSSR count). The molecule has 2 aromatic rings. The van der Waals surface area contributed by atoms with Crippen molar-refractivity contribution >= 4 is 23.3 Å². The molecular formula is C18H19N3O2. The smallest absolute Gasteiger partial charge is 0.236 e. The molecule has 1 aliphatic rings. The molecule has 0 spiro atoms. The van der Waals surface area contributed by atoms with Gasteiger partial charge in [-0.05, 0) is 43.2 Å². The van der Waals surface area contributed by atoms with Crippen LogP contribution in [0.3, 0.4) is 0 Å². The fourth-order valence-corrected chi connectivity index (χ4v) is 2.94. The Hall–Kier alpha value is -2.69. The molecule has 5 heteroatoms. The van der Waals surface area contributed by atoms with Crippen molar-refractivity contribution in [2.45, 2.75) is 25.7 Å². The lowest BCUT2D eigenvalue weighted by Gasteiger charge is -2.16. The number of nitrogens with one attached hydrogen (secondary N) is 1. The van der Waals surface area contributed by atoms with Crippen LogP contribution in [0.4, 0.5) is 11.5 Å². The second-order valence-corrected chi connectivity index (χ2v) is 6.28. The van der Waals surface area contributed by atoms with Crippen molar-refractivity contribution in [1.29, 1.82) is 0 Å². The van der Waals surface area contributed by atoms with Crippen molar-refractivity contribution in [2.75, 3.05) is 17.3 Å². The predicted molar refractivity (Wildman–Crippen MR) is 89.4 cm³/mol. The van der Waals surface area contributed by atoms with Crippen LogP contribution in [0.25, 0.3) is 0 Å². The molecule has 5 nitrogen and oxygen atoms in total. The van der Waals surface area contributed by atoms with Gasteiger partial charge < -0.3 is 10.2 Å². The number of pyridine rings is 1. The van der Waals surface area contributed by atoms with Crippen LogP contribution in [-0.4, -0.2) is 23.8 Å². The maximum Gasteiger partial charge on any atom is 0.236 e. The summed E-state index contributed by atoms with van der Waals surface area (Å²) in [4.78, 5) is 30.2. The quantitative estimate of drug-likeness (QED) is 0.947. The Bertz CT molecular complexity index is 769. The van der Waals surface area contributed by atoms with Crippen molar-refractivity contribution in [2.24, 2.45) is 0 Å². The van der Waals surface area contributed by atoms with E-state index in [1.165, 1.54) is 0 Å². The van der Waals surface area contributed by atoms with Crippen molar-refractivity contribution in [3.05, 3.63) is 53.7 Å². The minimum Gasteiger partial charge on any atom is -0.314 e. The number of carbonyl (C=O) groups excluding carboxylic acids is 2. The van der Waals surface area contributed by atoms with Gasteiger partial charge in [0.05, 0.1) is 11.8 Å². The zero-order chi connectivity index (χ0) is 16.6. The van der Waals surface area contributed by atoms with Crippen LogP contribution in [-0.2, 0) is 21.4 Å². The van der Waals surface area contributed by atoms with Crippen molar-refractivity contribution < 1.29 is 9.59 Å². The maximum atomic E-state index is 12.3. The Labute approximate surface area is 135 Å². The number of hydrogen-bond donors (Lipinski definition) is 1. The molecule has 0 saturated heterocycles. The van der Waals surface area contributed by atoms with Gasteiger partial charge in [0.2, 0.25) is 11.8 Å². The van der Waals surface area contributed by atoms with Gasteiger partial charge >= 0.3 is 0 Å². The number of hydrogen-bond acceptors (Lipinski definition) is 3. The predicted octanol–water partition coefficient (Wildman–Crippen LogP) is 2.52. The molecule has 0 saturated carbocycles. The average Bonchev–Trinajstić information content (AvgIpc) is 2.69. The van der Waals surface area contributed by atoms with E-state index in [0.29, 0.717) is 5.82 Å². The second-order valence-electron chi connectivity index (χ2n) is 6.28. The van der Waals surface area contributed by atoms with Gasteiger partial charge in [0, 0.05) is 18.9 Å². The first-order valence-electron chi connectivity index (χ1n) is 7.52. The van der Waals surface area contributed by atoms with Crippen LogP contribution in [0, 0.1) is 0 Å². The van der Waals surface area contributed by atoms with E-state index in [4.69, 9.17) is 0 Å². The summed E-state index contributed by atoms with van der Waals surface area (Å²) in [5.41, 5.74) is 2.20. The van der Waals surface area contributed by atoms with Crippen LogP contribution >= 0.6 is 0 Å². The van der Waals surface area contributed by atoms with Gasteiger partial charge in [0.15, 0.2) is 0 Å². The van der Waals surface area contributed by atoms with Gasteiger partial charge in [-0.15, -0.1) is 0 Å². The summed E-state index contributed by atoms with van der Waals surface area (Å²) in [7, 11) is 1.78. The number of amides is 2. The van der Waals surface area contributed by atoms with Crippen LogP contribution in [0.1, 0.15) is 25.0 Å². The number of rotatable bonds is 3. The minimum absolute atomic E-state index is 0.0718. The van der Waals surface area contributed by atoms with E-state index in [1.807, 2.05) is 38.1 Å². The molecule has 118 valence electrons. The van der Waals surface area contributed by atoms with Gasteiger partial charge in [-0.3, -0.25) is 9.59 Å². The number of benzene rings is 1. The highest BCUT2D eigenvalue weighted by Crippen LogP contribution is 2.41. The molecule has 2 amide bonds. The molecule has 2 heterocycles. The van der Waals surface area contributed by atoms with Gasteiger partial charge in [-0.2, -0.15) is 0 Å². The Kier molecular flexibility index (Phi) is 3.64. The molecule has 1 aliphatic heterocycles. The summed E-state index contributed by atoms with van der Waals surface area (Å²) in [5, 5.41) is 2.77. The zero-order valence-electron chi connectivity index (χ0n) is 13.5. The van der Waals surface area contributed by atoms with Crippen LogP contribution in [0.5, 0.6) is 0 Å². The number of fused-ring (bicyclic) bond motifs is 1. The first-order chi connectivity index (χ1) is 10.9. The normalized spacial score (nSPS) is 15.4. The summed E-state index contributed by atoms with van der Waals surface area (Å²) in [6.07, 6.45) is 1.88. The fraction of sp³-hybridized carbons (Fsp3) is 0.278. The van der Waals surface area contributed by atoms with Crippen molar-refractivity contribution in [3.8, 4) is 0 Å². The lowest BCUT2D eigenvalue weighted by Crippen LogP contribution is -2.33. The van der Waals surface area contributed by atoms with Gasteiger partial charge in [0.1, 0.15) is 5.82 Å². The summed E-state index contributed by atoms with van der Waals surface area (Å²) in [6.45, 7) is 3.82. The van der Waals surface area contributed by atoms with Gasteiger partial charge in [-0.25, -0.2) is 4.98 Å². The van der Waals surface area contributed by atoms with Crippen molar-refractivity contribution in [1.82, 2.24) is 4.98 Å². The number of carbonyl (C=O) groups is 2. The molecule has 0 aliphatic carbocycles. The molecule has 0 fully saturated rings. The van der Waals surface area contributed by atoms with Crippen LogP contribution in [0.2, 0.25) is 0 Å². The highest BCUT2D eigenvalue weighted by Gasteiger charge is 2.42. The third-order valence-corrected chi connectivity index (χ3v) is 4.23. The maximum absolute atomic E-state index is 12.3. The van der Waals surface area contributed by atoms with E-state index in [9.17, 15) is 9.59 Å². The number of likely N-dealkylation sites (N-methyl/N-ethyl adjacent to an activating group) is 1. The summed E-state index contributed by atoms with van der Waals surface area (Å²) >= 11 is 0. The molecule has 1 N–H and O–H groups in total. The highest BCUT2D eigenvalue weighted by atomic mass is 16.2. The number of aromatic nitrogens is 1. The van der Waals surface area contributed by atoms with E-state index in [2.05, 4.69) is 10.3 Å². The first kappa shape index (κ1) is 15.2. The van der Waals surface area contributed by atoms with Crippen LogP contribution in [0.15, 0.2) is 42.6 Å². The van der Waals surface area contributed by atoms with Gasteiger partial charge in [0.25, 0.3) is 0 Å². The van der Waals surface area contributed by atoms with E-state index >= 15 is 0 Å². The Balaban J connectivity index is 1.80. The topological polar surface area (TPSA) is 62.3 Å². The molecule has 0 bridgehead atoms. The van der Waals surface area contributed by atoms with E-state index < -0.39 is 5.41 Å². The fourth-order valence-electron chi connectivity index (χ4n) is 2.94.